The Morgan fingerprint density at radius 1 is 1.37 bits per heavy atom. The highest BCUT2D eigenvalue weighted by Gasteiger charge is 2.28. The normalized spacial score (nSPS) is 14.8. The zero-order chi connectivity index (χ0) is 13.7. The summed E-state index contributed by atoms with van der Waals surface area (Å²) in [6, 6.07) is 8.22. The van der Waals surface area contributed by atoms with E-state index in [2.05, 4.69) is 4.90 Å². The lowest BCUT2D eigenvalue weighted by Crippen LogP contribution is -2.27. The number of aliphatic hydroxyl groups excluding tert-OH is 1. The Hall–Kier alpha value is -1.39. The van der Waals surface area contributed by atoms with E-state index in [9.17, 15) is 4.79 Å². The summed E-state index contributed by atoms with van der Waals surface area (Å²) in [4.78, 5) is 13.6. The summed E-state index contributed by atoms with van der Waals surface area (Å²) in [5.41, 5.74) is 7.01. The SMILES string of the molecule is NC(=O)c1cccc(CN(CCCCO)C2CC2)c1. The number of nitrogens with two attached hydrogens (primary N) is 1. The predicted octanol–water partition coefficient (Wildman–Crippen LogP) is 1.52. The largest absolute Gasteiger partial charge is 0.396 e. The van der Waals surface area contributed by atoms with E-state index in [1.54, 1.807) is 6.07 Å². The van der Waals surface area contributed by atoms with Crippen LogP contribution in [0.15, 0.2) is 24.3 Å². The average Bonchev–Trinajstić information content (AvgIpc) is 3.22. The van der Waals surface area contributed by atoms with E-state index in [0.29, 0.717) is 11.6 Å². The van der Waals surface area contributed by atoms with Crippen LogP contribution in [0, 0.1) is 0 Å². The zero-order valence-corrected chi connectivity index (χ0v) is 11.2. The van der Waals surface area contributed by atoms with Crippen molar-refractivity contribution in [2.24, 2.45) is 5.73 Å². The van der Waals surface area contributed by atoms with Gasteiger partial charge in [0.05, 0.1) is 0 Å². The van der Waals surface area contributed by atoms with Crippen molar-refractivity contribution in [1.29, 1.82) is 0 Å². The van der Waals surface area contributed by atoms with Crippen LogP contribution in [0.2, 0.25) is 0 Å². The molecule has 1 saturated carbocycles. The molecular weight excluding hydrogens is 240 g/mol. The second-order valence-corrected chi connectivity index (χ2v) is 5.20. The number of hydrogen-bond donors (Lipinski definition) is 2. The van der Waals surface area contributed by atoms with Crippen LogP contribution in [0.25, 0.3) is 0 Å². The molecule has 0 saturated heterocycles. The summed E-state index contributed by atoms with van der Waals surface area (Å²) in [6.07, 6.45) is 4.39. The number of benzene rings is 1. The number of amides is 1. The molecule has 4 heteroatoms. The molecule has 0 heterocycles. The molecule has 1 fully saturated rings. The number of primary amides is 1. The topological polar surface area (TPSA) is 66.6 Å². The average molecular weight is 262 g/mol. The monoisotopic (exact) mass is 262 g/mol. The molecule has 3 N–H and O–H groups in total. The molecule has 19 heavy (non-hydrogen) atoms. The van der Waals surface area contributed by atoms with Gasteiger partial charge in [-0.15, -0.1) is 0 Å². The van der Waals surface area contributed by atoms with Gasteiger partial charge in [0.15, 0.2) is 0 Å². The van der Waals surface area contributed by atoms with Crippen LogP contribution in [0.3, 0.4) is 0 Å². The van der Waals surface area contributed by atoms with Gasteiger partial charge in [-0.1, -0.05) is 12.1 Å². The van der Waals surface area contributed by atoms with E-state index in [4.69, 9.17) is 10.8 Å². The lowest BCUT2D eigenvalue weighted by atomic mass is 10.1. The van der Waals surface area contributed by atoms with Gasteiger partial charge in [0.2, 0.25) is 5.91 Å². The van der Waals surface area contributed by atoms with Crippen LogP contribution in [0.1, 0.15) is 41.6 Å². The summed E-state index contributed by atoms with van der Waals surface area (Å²) in [5.74, 6) is -0.375. The quantitative estimate of drug-likeness (QED) is 0.698. The van der Waals surface area contributed by atoms with Gasteiger partial charge < -0.3 is 10.8 Å². The Morgan fingerprint density at radius 2 is 2.16 bits per heavy atom. The van der Waals surface area contributed by atoms with Gasteiger partial charge in [0.25, 0.3) is 0 Å². The third kappa shape index (κ3) is 4.33. The Bertz CT molecular complexity index is 430. The van der Waals surface area contributed by atoms with Crippen LogP contribution in [0.5, 0.6) is 0 Å². The molecule has 2 rings (SSSR count). The predicted molar refractivity (Wildman–Crippen MR) is 74.7 cm³/mol. The second kappa shape index (κ2) is 6.68. The molecule has 1 aliphatic carbocycles. The number of carbonyl (C=O) groups excluding carboxylic acids is 1. The van der Waals surface area contributed by atoms with Gasteiger partial charge in [-0.2, -0.15) is 0 Å². The van der Waals surface area contributed by atoms with Gasteiger partial charge in [-0.25, -0.2) is 0 Å². The molecule has 0 aromatic heterocycles. The molecule has 0 unspecified atom stereocenters. The van der Waals surface area contributed by atoms with Crippen molar-refractivity contribution >= 4 is 5.91 Å². The molecule has 1 aliphatic rings. The number of carbonyl (C=O) groups is 1. The standard InChI is InChI=1S/C15H22N2O2/c16-15(19)13-5-3-4-12(10-13)11-17(14-6-7-14)8-1-2-9-18/h3-5,10,14,18H,1-2,6-9,11H2,(H2,16,19). The highest BCUT2D eigenvalue weighted by atomic mass is 16.2. The minimum Gasteiger partial charge on any atom is -0.396 e. The molecule has 0 spiro atoms. The molecule has 0 aliphatic heterocycles. The number of hydrogen-bond acceptors (Lipinski definition) is 3. The lowest BCUT2D eigenvalue weighted by molar-refractivity contribution is 0.1000. The van der Waals surface area contributed by atoms with Crippen molar-refractivity contribution in [2.45, 2.75) is 38.3 Å². The van der Waals surface area contributed by atoms with Gasteiger partial charge in [-0.05, 0) is 49.9 Å². The Kier molecular flexibility index (Phi) is 4.93. The fourth-order valence-electron chi connectivity index (χ4n) is 2.31. The number of unbranched alkanes of at least 4 members (excludes halogenated alkanes) is 1. The summed E-state index contributed by atoms with van der Waals surface area (Å²) < 4.78 is 0. The smallest absolute Gasteiger partial charge is 0.248 e. The molecule has 1 amide bonds. The minimum atomic E-state index is -0.375. The molecule has 1 aromatic carbocycles. The van der Waals surface area contributed by atoms with Crippen LogP contribution in [-0.2, 0) is 6.54 Å². The van der Waals surface area contributed by atoms with Crippen molar-refractivity contribution in [3.63, 3.8) is 0 Å². The van der Waals surface area contributed by atoms with E-state index in [1.807, 2.05) is 18.2 Å². The fraction of sp³-hybridized carbons (Fsp3) is 0.533. The number of aliphatic hydroxyl groups is 1. The van der Waals surface area contributed by atoms with E-state index in [-0.39, 0.29) is 12.5 Å². The molecule has 0 radical (unpaired) electrons. The van der Waals surface area contributed by atoms with Gasteiger partial charge in [-0.3, -0.25) is 9.69 Å². The van der Waals surface area contributed by atoms with Crippen LogP contribution in [0.4, 0.5) is 0 Å². The maximum atomic E-state index is 11.2. The summed E-state index contributed by atoms with van der Waals surface area (Å²) in [7, 11) is 0. The van der Waals surface area contributed by atoms with Gasteiger partial charge >= 0.3 is 0 Å². The number of nitrogens with zero attached hydrogens (tertiary/aromatic N) is 1. The van der Waals surface area contributed by atoms with Crippen molar-refractivity contribution < 1.29 is 9.90 Å². The van der Waals surface area contributed by atoms with Crippen molar-refractivity contribution in [2.75, 3.05) is 13.2 Å². The van der Waals surface area contributed by atoms with E-state index in [0.717, 1.165) is 31.5 Å². The highest BCUT2D eigenvalue weighted by Crippen LogP contribution is 2.28. The molecule has 4 nitrogen and oxygen atoms in total. The van der Waals surface area contributed by atoms with Crippen molar-refractivity contribution in [3.8, 4) is 0 Å². The Balaban J connectivity index is 1.96. The second-order valence-electron chi connectivity index (χ2n) is 5.20. The minimum absolute atomic E-state index is 0.260. The lowest BCUT2D eigenvalue weighted by Gasteiger charge is -2.22. The van der Waals surface area contributed by atoms with Crippen LogP contribution in [-0.4, -0.2) is 35.1 Å². The first-order valence-corrected chi connectivity index (χ1v) is 6.94. The molecule has 0 bridgehead atoms. The molecule has 1 aromatic rings. The molecule has 0 atom stereocenters. The van der Waals surface area contributed by atoms with Gasteiger partial charge in [0.1, 0.15) is 0 Å². The van der Waals surface area contributed by atoms with E-state index >= 15 is 0 Å². The van der Waals surface area contributed by atoms with E-state index < -0.39 is 0 Å². The first-order valence-electron chi connectivity index (χ1n) is 6.94. The fourth-order valence-corrected chi connectivity index (χ4v) is 2.31. The van der Waals surface area contributed by atoms with Crippen molar-refractivity contribution in [3.05, 3.63) is 35.4 Å². The summed E-state index contributed by atoms with van der Waals surface area (Å²) in [6.45, 7) is 2.12. The summed E-state index contributed by atoms with van der Waals surface area (Å²) in [5, 5.41) is 8.85. The highest BCUT2D eigenvalue weighted by molar-refractivity contribution is 5.92. The Morgan fingerprint density at radius 3 is 2.79 bits per heavy atom. The number of rotatable bonds is 8. The molecular formula is C15H22N2O2. The maximum Gasteiger partial charge on any atom is 0.248 e. The van der Waals surface area contributed by atoms with Crippen molar-refractivity contribution in [1.82, 2.24) is 4.90 Å². The third-order valence-corrected chi connectivity index (χ3v) is 3.51. The third-order valence-electron chi connectivity index (χ3n) is 3.51. The first-order chi connectivity index (χ1) is 9.20. The van der Waals surface area contributed by atoms with Gasteiger partial charge in [0, 0.05) is 24.8 Å². The summed E-state index contributed by atoms with van der Waals surface area (Å²) >= 11 is 0. The zero-order valence-electron chi connectivity index (χ0n) is 11.2. The Labute approximate surface area is 114 Å². The maximum absolute atomic E-state index is 11.2. The van der Waals surface area contributed by atoms with E-state index in [1.165, 1.54) is 12.8 Å². The van der Waals surface area contributed by atoms with Crippen LogP contribution >= 0.6 is 0 Å². The molecule has 104 valence electrons. The van der Waals surface area contributed by atoms with Crippen LogP contribution < -0.4 is 5.73 Å². The first kappa shape index (κ1) is 14.0.